The van der Waals surface area contributed by atoms with Gasteiger partial charge in [-0.15, -0.1) is 0 Å². The molecule has 118 valence electrons. The number of carbonyl (C=O) groups is 2. The van der Waals surface area contributed by atoms with Crippen LogP contribution in [0.5, 0.6) is 0 Å². The maximum Gasteiger partial charge on any atom is 0.136 e. The summed E-state index contributed by atoms with van der Waals surface area (Å²) in [7, 11) is 0. The first-order valence-electron chi connectivity index (χ1n) is 8.87. The van der Waals surface area contributed by atoms with Gasteiger partial charge in [0.25, 0.3) is 0 Å². The molecule has 2 heteroatoms. The van der Waals surface area contributed by atoms with Crippen molar-refractivity contribution < 1.29 is 9.59 Å². The molecule has 0 saturated heterocycles. The van der Waals surface area contributed by atoms with E-state index in [1.54, 1.807) is 0 Å². The molecule has 2 bridgehead atoms. The predicted molar refractivity (Wildman–Crippen MR) is 87.8 cm³/mol. The maximum absolute atomic E-state index is 12.2. The van der Waals surface area contributed by atoms with E-state index in [1.807, 2.05) is 0 Å². The average Bonchev–Trinajstić information content (AvgIpc) is 3.31. The Kier molecular flexibility index (Phi) is 5.07. The molecule has 1 saturated carbocycles. The Balaban J connectivity index is 1.62. The largest absolute Gasteiger partial charge is 0.299 e. The highest BCUT2D eigenvalue weighted by Gasteiger charge is 2.46. The molecule has 1 aromatic rings. The molecular formula is C20H26O2. The lowest BCUT2D eigenvalue weighted by Gasteiger charge is -2.07. The second kappa shape index (κ2) is 7.21. The predicted octanol–water partition coefficient (Wildman–Crippen LogP) is 4.29. The zero-order valence-electron chi connectivity index (χ0n) is 13.4. The fourth-order valence-corrected chi connectivity index (χ4v) is 3.67. The SMILES string of the molecule is O=C1CCCCCCc2cccc(c2)CCCC(=O)C2CC12. The number of ketones is 2. The Morgan fingerprint density at radius 2 is 1.23 bits per heavy atom. The van der Waals surface area contributed by atoms with Gasteiger partial charge in [-0.25, -0.2) is 0 Å². The van der Waals surface area contributed by atoms with Crippen molar-refractivity contribution in [2.45, 2.75) is 64.2 Å². The summed E-state index contributed by atoms with van der Waals surface area (Å²) in [6.45, 7) is 0. The molecule has 0 amide bonds. The third kappa shape index (κ3) is 4.06. The van der Waals surface area contributed by atoms with Crippen LogP contribution >= 0.6 is 0 Å². The number of fused-ring (bicyclic) bond motifs is 3. The summed E-state index contributed by atoms with van der Waals surface area (Å²) in [5.74, 6) is 0.799. The van der Waals surface area contributed by atoms with Crippen molar-refractivity contribution in [2.24, 2.45) is 11.8 Å². The number of Topliss-reactive ketones (excluding diaryl/α,β-unsaturated/α-hetero) is 2. The van der Waals surface area contributed by atoms with Crippen LogP contribution in [-0.4, -0.2) is 11.6 Å². The Bertz CT molecular complexity index is 546. The lowest BCUT2D eigenvalue weighted by molar-refractivity contribution is -0.125. The summed E-state index contributed by atoms with van der Waals surface area (Å²) in [6.07, 6.45) is 9.71. The van der Waals surface area contributed by atoms with Crippen LogP contribution in [0.1, 0.15) is 62.5 Å². The Morgan fingerprint density at radius 1 is 0.682 bits per heavy atom. The first-order valence-corrected chi connectivity index (χ1v) is 8.87. The summed E-state index contributed by atoms with van der Waals surface area (Å²) >= 11 is 0. The molecule has 1 aromatic carbocycles. The van der Waals surface area contributed by atoms with E-state index < -0.39 is 0 Å². The minimum atomic E-state index is 0.0618. The van der Waals surface area contributed by atoms with Crippen molar-refractivity contribution >= 4 is 11.6 Å². The molecule has 0 radical (unpaired) electrons. The quantitative estimate of drug-likeness (QED) is 0.716. The van der Waals surface area contributed by atoms with Crippen molar-refractivity contribution in [1.29, 1.82) is 0 Å². The van der Waals surface area contributed by atoms with Gasteiger partial charge in [-0.3, -0.25) is 9.59 Å². The van der Waals surface area contributed by atoms with Gasteiger partial charge in [0.05, 0.1) is 0 Å². The molecule has 22 heavy (non-hydrogen) atoms. The molecule has 0 aromatic heterocycles. The minimum absolute atomic E-state index is 0.0618. The number of hydrogen-bond donors (Lipinski definition) is 0. The van der Waals surface area contributed by atoms with Gasteiger partial charge in [-0.1, -0.05) is 37.1 Å². The minimum Gasteiger partial charge on any atom is -0.299 e. The third-order valence-corrected chi connectivity index (χ3v) is 5.14. The second-order valence-electron chi connectivity index (χ2n) is 6.97. The van der Waals surface area contributed by atoms with Gasteiger partial charge in [0.15, 0.2) is 0 Å². The smallest absolute Gasteiger partial charge is 0.136 e. The summed E-state index contributed by atoms with van der Waals surface area (Å²) in [5, 5.41) is 0. The molecule has 2 atom stereocenters. The summed E-state index contributed by atoms with van der Waals surface area (Å²) in [5.41, 5.74) is 2.76. The van der Waals surface area contributed by atoms with Crippen LogP contribution in [0.25, 0.3) is 0 Å². The molecule has 3 rings (SSSR count). The van der Waals surface area contributed by atoms with Crippen molar-refractivity contribution in [3.63, 3.8) is 0 Å². The van der Waals surface area contributed by atoms with Crippen molar-refractivity contribution in [2.75, 3.05) is 0 Å². The highest BCUT2D eigenvalue weighted by atomic mass is 16.1. The average molecular weight is 298 g/mol. The molecule has 0 aliphatic heterocycles. The van der Waals surface area contributed by atoms with Gasteiger partial charge in [0.1, 0.15) is 11.6 Å². The molecule has 0 heterocycles. The molecular weight excluding hydrogens is 272 g/mol. The molecule has 0 spiro atoms. The van der Waals surface area contributed by atoms with Crippen LogP contribution in [0.4, 0.5) is 0 Å². The molecule has 2 aliphatic carbocycles. The van der Waals surface area contributed by atoms with E-state index in [9.17, 15) is 9.59 Å². The van der Waals surface area contributed by atoms with Gasteiger partial charge in [-0.05, 0) is 49.7 Å². The van der Waals surface area contributed by atoms with E-state index in [0.717, 1.165) is 38.5 Å². The number of aryl methyl sites for hydroxylation is 2. The van der Waals surface area contributed by atoms with Gasteiger partial charge < -0.3 is 0 Å². The van der Waals surface area contributed by atoms with Gasteiger partial charge in [0, 0.05) is 24.7 Å². The number of hydrogen-bond acceptors (Lipinski definition) is 2. The first-order chi connectivity index (χ1) is 10.7. The summed E-state index contributed by atoms with van der Waals surface area (Å²) < 4.78 is 0. The van der Waals surface area contributed by atoms with Crippen LogP contribution < -0.4 is 0 Å². The van der Waals surface area contributed by atoms with Crippen LogP contribution in [0.15, 0.2) is 24.3 Å². The van der Waals surface area contributed by atoms with Crippen LogP contribution in [0.3, 0.4) is 0 Å². The van der Waals surface area contributed by atoms with Crippen molar-refractivity contribution in [3.05, 3.63) is 35.4 Å². The molecule has 2 unspecified atom stereocenters. The van der Waals surface area contributed by atoms with Gasteiger partial charge in [-0.2, -0.15) is 0 Å². The van der Waals surface area contributed by atoms with E-state index >= 15 is 0 Å². The Hall–Kier alpha value is -1.44. The van der Waals surface area contributed by atoms with E-state index in [-0.39, 0.29) is 11.8 Å². The number of benzene rings is 1. The summed E-state index contributed by atoms with van der Waals surface area (Å²) in [4.78, 5) is 24.2. The fourth-order valence-electron chi connectivity index (χ4n) is 3.67. The monoisotopic (exact) mass is 298 g/mol. The van der Waals surface area contributed by atoms with E-state index in [2.05, 4.69) is 24.3 Å². The van der Waals surface area contributed by atoms with E-state index in [0.29, 0.717) is 24.4 Å². The summed E-state index contributed by atoms with van der Waals surface area (Å²) in [6, 6.07) is 8.82. The standard InChI is InChI=1S/C20H26O2/c21-19-11-4-2-1-3-7-15-8-5-9-16(13-15)10-6-12-20(22)18-14-17(18)19/h5,8-9,13,17-18H,1-4,6-7,10-12,14H2. The lowest BCUT2D eigenvalue weighted by atomic mass is 9.98. The molecule has 1 fully saturated rings. The maximum atomic E-state index is 12.2. The van der Waals surface area contributed by atoms with E-state index in [1.165, 1.54) is 24.0 Å². The topological polar surface area (TPSA) is 34.1 Å². The highest BCUT2D eigenvalue weighted by Crippen LogP contribution is 2.42. The van der Waals surface area contributed by atoms with Crippen LogP contribution in [0.2, 0.25) is 0 Å². The van der Waals surface area contributed by atoms with Crippen molar-refractivity contribution in [1.82, 2.24) is 0 Å². The Morgan fingerprint density at radius 3 is 1.91 bits per heavy atom. The molecule has 2 nitrogen and oxygen atoms in total. The van der Waals surface area contributed by atoms with Gasteiger partial charge >= 0.3 is 0 Å². The van der Waals surface area contributed by atoms with Crippen LogP contribution in [0, 0.1) is 11.8 Å². The normalized spacial score (nSPS) is 27.3. The van der Waals surface area contributed by atoms with Gasteiger partial charge in [0.2, 0.25) is 0 Å². The van der Waals surface area contributed by atoms with Crippen LogP contribution in [-0.2, 0) is 22.4 Å². The van der Waals surface area contributed by atoms with Crippen molar-refractivity contribution in [3.8, 4) is 0 Å². The Labute approximate surface area is 133 Å². The fraction of sp³-hybridized carbons (Fsp3) is 0.600. The highest BCUT2D eigenvalue weighted by molar-refractivity contribution is 5.94. The first kappa shape index (κ1) is 15.5. The molecule has 2 aliphatic rings. The zero-order valence-corrected chi connectivity index (χ0v) is 13.4. The lowest BCUT2D eigenvalue weighted by Crippen LogP contribution is -2.09. The molecule has 0 N–H and O–H groups in total. The third-order valence-electron chi connectivity index (χ3n) is 5.14. The second-order valence-corrected chi connectivity index (χ2v) is 6.97. The zero-order chi connectivity index (χ0) is 15.4. The number of rotatable bonds is 0. The number of carbonyl (C=O) groups excluding carboxylic acids is 2. The van der Waals surface area contributed by atoms with E-state index in [4.69, 9.17) is 0 Å².